The first-order valence-corrected chi connectivity index (χ1v) is 14.9. The molecule has 6 rings (SSSR count). The summed E-state index contributed by atoms with van der Waals surface area (Å²) in [6.07, 6.45) is 0.886. The molecule has 1 aromatic heterocycles. The fourth-order valence-corrected chi connectivity index (χ4v) is 4.73. The van der Waals surface area contributed by atoms with Crippen molar-refractivity contribution in [3.05, 3.63) is 132 Å². The molecule has 1 N–H and O–H groups in total. The molecule has 1 heterocycles. The Hall–Kier alpha value is -6.22. The van der Waals surface area contributed by atoms with Crippen LogP contribution in [0.3, 0.4) is 0 Å². The van der Waals surface area contributed by atoms with E-state index < -0.39 is 11.4 Å². The van der Waals surface area contributed by atoms with Crippen LogP contribution in [-0.2, 0) is 9.53 Å². The van der Waals surface area contributed by atoms with Crippen molar-refractivity contribution in [2.75, 3.05) is 6.79 Å². The SMILES string of the molecule is CCCC(=O)OCOc1cc(-c2oc3cc(Oc4ccccc4)cc(O)c3c(=O)c2Oc2ccccc2)ccc1Oc1ccccc1. The number of phenols is 1. The Labute approximate surface area is 270 Å². The summed E-state index contributed by atoms with van der Waals surface area (Å²) >= 11 is 0. The van der Waals surface area contributed by atoms with Gasteiger partial charge in [-0.2, -0.15) is 0 Å². The van der Waals surface area contributed by atoms with E-state index in [1.807, 2.05) is 49.4 Å². The molecule has 0 amide bonds. The monoisotopic (exact) mass is 630 g/mol. The second kappa shape index (κ2) is 14.3. The van der Waals surface area contributed by atoms with E-state index in [9.17, 15) is 14.7 Å². The molecule has 236 valence electrons. The second-order valence-electron chi connectivity index (χ2n) is 10.3. The van der Waals surface area contributed by atoms with E-state index in [4.69, 9.17) is 28.1 Å². The number of rotatable bonds is 12. The molecule has 0 aliphatic heterocycles. The number of benzene rings is 5. The van der Waals surface area contributed by atoms with E-state index in [-0.39, 0.29) is 52.9 Å². The van der Waals surface area contributed by atoms with Crippen molar-refractivity contribution in [3.8, 4) is 57.3 Å². The van der Waals surface area contributed by atoms with Gasteiger partial charge in [-0.15, -0.1) is 0 Å². The standard InChI is InChI=1S/C38H30O9/c1-2-12-34(40)43-24-42-32-21-25(19-20-31(32)45-27-15-8-4-9-16-27)37-38(46-28-17-10-5-11-18-28)36(41)35-30(39)22-29(23-33(35)47-37)44-26-13-6-3-7-14-26/h3-11,13-23,39H,2,12,24H2,1H3. The van der Waals surface area contributed by atoms with Crippen LogP contribution in [0.15, 0.2) is 131 Å². The summed E-state index contributed by atoms with van der Waals surface area (Å²) in [5.74, 6) is 1.44. The normalized spacial score (nSPS) is 10.7. The lowest BCUT2D eigenvalue weighted by Crippen LogP contribution is -2.10. The molecular weight excluding hydrogens is 600 g/mol. The summed E-state index contributed by atoms with van der Waals surface area (Å²) in [5.41, 5.74) is -0.148. The molecule has 0 radical (unpaired) electrons. The Morgan fingerprint density at radius 3 is 1.96 bits per heavy atom. The minimum Gasteiger partial charge on any atom is -0.507 e. The van der Waals surface area contributed by atoms with Crippen molar-refractivity contribution < 1.29 is 38.0 Å². The van der Waals surface area contributed by atoms with Crippen molar-refractivity contribution in [1.29, 1.82) is 0 Å². The Bertz CT molecular complexity index is 2040. The molecule has 47 heavy (non-hydrogen) atoms. The van der Waals surface area contributed by atoms with Crippen molar-refractivity contribution in [2.45, 2.75) is 19.8 Å². The van der Waals surface area contributed by atoms with Gasteiger partial charge in [-0.1, -0.05) is 61.5 Å². The molecular formula is C38H30O9. The molecule has 0 spiro atoms. The molecule has 0 saturated carbocycles. The minimum absolute atomic E-state index is 0.0571. The second-order valence-corrected chi connectivity index (χ2v) is 10.3. The van der Waals surface area contributed by atoms with Crippen LogP contribution in [0, 0.1) is 0 Å². The third kappa shape index (κ3) is 7.37. The zero-order chi connectivity index (χ0) is 32.6. The number of carbonyl (C=O) groups is 1. The summed E-state index contributed by atoms with van der Waals surface area (Å²) < 4.78 is 35.5. The van der Waals surface area contributed by atoms with Gasteiger partial charge in [0.05, 0.1) is 0 Å². The van der Waals surface area contributed by atoms with Crippen LogP contribution in [0.2, 0.25) is 0 Å². The molecule has 0 fully saturated rings. The quantitative estimate of drug-likeness (QED) is 0.104. The lowest BCUT2D eigenvalue weighted by molar-refractivity contribution is -0.150. The molecule has 0 saturated heterocycles. The highest BCUT2D eigenvalue weighted by Crippen LogP contribution is 2.41. The number of carbonyl (C=O) groups excluding carboxylic acids is 1. The van der Waals surface area contributed by atoms with Crippen molar-refractivity contribution >= 4 is 16.9 Å². The Morgan fingerprint density at radius 2 is 1.32 bits per heavy atom. The van der Waals surface area contributed by atoms with Gasteiger partial charge in [0.15, 0.2) is 17.3 Å². The number of esters is 1. The fourth-order valence-electron chi connectivity index (χ4n) is 4.73. The zero-order valence-electron chi connectivity index (χ0n) is 25.4. The Kier molecular flexibility index (Phi) is 9.34. The molecule has 0 bridgehead atoms. The summed E-state index contributed by atoms with van der Waals surface area (Å²) in [6.45, 7) is 1.51. The summed E-state index contributed by atoms with van der Waals surface area (Å²) in [5, 5.41) is 10.9. The lowest BCUT2D eigenvalue weighted by atomic mass is 10.1. The Balaban J connectivity index is 1.47. The number of ether oxygens (including phenoxy) is 5. The van der Waals surface area contributed by atoms with Gasteiger partial charge in [0.1, 0.15) is 39.7 Å². The largest absolute Gasteiger partial charge is 0.507 e. The van der Waals surface area contributed by atoms with Crippen LogP contribution < -0.4 is 24.4 Å². The van der Waals surface area contributed by atoms with Crippen LogP contribution in [0.1, 0.15) is 19.8 Å². The van der Waals surface area contributed by atoms with Crippen molar-refractivity contribution in [1.82, 2.24) is 0 Å². The highest BCUT2D eigenvalue weighted by atomic mass is 16.7. The van der Waals surface area contributed by atoms with E-state index in [0.29, 0.717) is 35.0 Å². The predicted molar refractivity (Wildman–Crippen MR) is 176 cm³/mol. The maximum atomic E-state index is 14.0. The number of hydrogen-bond acceptors (Lipinski definition) is 9. The lowest BCUT2D eigenvalue weighted by Gasteiger charge is -2.16. The summed E-state index contributed by atoms with van der Waals surface area (Å²) in [7, 11) is 0. The van der Waals surface area contributed by atoms with E-state index in [1.165, 1.54) is 12.1 Å². The molecule has 0 atom stereocenters. The van der Waals surface area contributed by atoms with E-state index in [0.717, 1.165) is 0 Å². The van der Waals surface area contributed by atoms with Crippen LogP contribution in [-0.4, -0.2) is 17.9 Å². The van der Waals surface area contributed by atoms with Gasteiger partial charge in [-0.05, 0) is 61.0 Å². The smallest absolute Gasteiger partial charge is 0.308 e. The Morgan fingerprint density at radius 1 is 0.702 bits per heavy atom. The van der Waals surface area contributed by atoms with Crippen LogP contribution in [0.4, 0.5) is 0 Å². The fraction of sp³-hybridized carbons (Fsp3) is 0.105. The first-order valence-electron chi connectivity index (χ1n) is 14.9. The van der Waals surface area contributed by atoms with Gasteiger partial charge in [0.25, 0.3) is 0 Å². The van der Waals surface area contributed by atoms with Gasteiger partial charge in [-0.25, -0.2) is 0 Å². The zero-order valence-corrected chi connectivity index (χ0v) is 25.4. The highest BCUT2D eigenvalue weighted by molar-refractivity contribution is 5.88. The van der Waals surface area contributed by atoms with Gasteiger partial charge in [-0.3, -0.25) is 9.59 Å². The number of aromatic hydroxyl groups is 1. The third-order valence-electron chi connectivity index (χ3n) is 6.91. The molecule has 0 aliphatic carbocycles. The molecule has 6 aromatic rings. The highest BCUT2D eigenvalue weighted by Gasteiger charge is 2.23. The molecule has 5 aromatic carbocycles. The third-order valence-corrected chi connectivity index (χ3v) is 6.91. The van der Waals surface area contributed by atoms with E-state index in [2.05, 4.69) is 0 Å². The van der Waals surface area contributed by atoms with Gasteiger partial charge >= 0.3 is 5.97 Å². The average Bonchev–Trinajstić information content (AvgIpc) is 3.08. The van der Waals surface area contributed by atoms with Crippen LogP contribution in [0.25, 0.3) is 22.3 Å². The van der Waals surface area contributed by atoms with Gasteiger partial charge in [0, 0.05) is 24.1 Å². The van der Waals surface area contributed by atoms with Crippen LogP contribution >= 0.6 is 0 Å². The number of para-hydroxylation sites is 3. The van der Waals surface area contributed by atoms with E-state index in [1.54, 1.807) is 66.7 Å². The first kappa shape index (κ1) is 30.8. The number of phenolic OH excluding ortho intramolecular Hbond substituents is 1. The number of fused-ring (bicyclic) bond motifs is 1. The topological polar surface area (TPSA) is 114 Å². The minimum atomic E-state index is -0.602. The van der Waals surface area contributed by atoms with E-state index >= 15 is 0 Å². The summed E-state index contributed by atoms with van der Waals surface area (Å²) in [4.78, 5) is 26.0. The molecule has 0 unspecified atom stereocenters. The maximum Gasteiger partial charge on any atom is 0.308 e. The average molecular weight is 631 g/mol. The van der Waals surface area contributed by atoms with Crippen molar-refractivity contribution in [2.24, 2.45) is 0 Å². The van der Waals surface area contributed by atoms with Gasteiger partial charge in [0.2, 0.25) is 18.0 Å². The predicted octanol–water partition coefficient (Wildman–Crippen LogP) is 9.22. The maximum absolute atomic E-state index is 14.0. The number of hydrogen-bond donors (Lipinski definition) is 1. The van der Waals surface area contributed by atoms with Gasteiger partial charge < -0.3 is 33.2 Å². The molecule has 0 aliphatic rings. The molecule has 9 nitrogen and oxygen atoms in total. The van der Waals surface area contributed by atoms with Crippen molar-refractivity contribution in [3.63, 3.8) is 0 Å². The first-order chi connectivity index (χ1) is 23.0. The van der Waals surface area contributed by atoms with Crippen LogP contribution in [0.5, 0.6) is 46.0 Å². The molecule has 9 heteroatoms. The summed E-state index contributed by atoms with van der Waals surface area (Å²) in [6, 6.07) is 34.7.